The first-order chi connectivity index (χ1) is 8.24. The van der Waals surface area contributed by atoms with Crippen LogP contribution in [0.4, 0.5) is 0 Å². The Hall–Kier alpha value is 0. The molecule has 0 aromatic heterocycles. The fourth-order valence-corrected chi connectivity index (χ4v) is 4.11. The van der Waals surface area contributed by atoms with Crippen molar-refractivity contribution in [3.05, 3.63) is 0 Å². The largest absolute Gasteiger partial charge is 0.0654 e. The van der Waals surface area contributed by atoms with Crippen LogP contribution in [0.15, 0.2) is 0 Å². The normalized spacial score (nSPS) is 33.9. The van der Waals surface area contributed by atoms with Gasteiger partial charge in [-0.1, -0.05) is 72.6 Å². The predicted molar refractivity (Wildman–Crippen MR) is 78.2 cm³/mol. The first-order valence-electron chi connectivity index (χ1n) is 8.24. The zero-order valence-electron chi connectivity index (χ0n) is 12.7. The summed E-state index contributed by atoms with van der Waals surface area (Å²) in [6, 6.07) is 0. The van der Waals surface area contributed by atoms with E-state index in [0.717, 1.165) is 23.7 Å². The fraction of sp³-hybridized carbons (Fsp3) is 1.00. The van der Waals surface area contributed by atoms with Gasteiger partial charge in [-0.25, -0.2) is 0 Å². The van der Waals surface area contributed by atoms with Gasteiger partial charge in [0.2, 0.25) is 0 Å². The monoisotopic (exact) mass is 238 g/mol. The van der Waals surface area contributed by atoms with E-state index in [1.807, 2.05) is 0 Å². The lowest BCUT2D eigenvalue weighted by atomic mass is 9.64. The molecular weight excluding hydrogens is 204 g/mol. The zero-order chi connectivity index (χ0) is 12.7. The fourth-order valence-electron chi connectivity index (χ4n) is 4.11. The van der Waals surface area contributed by atoms with E-state index >= 15 is 0 Å². The molecule has 1 aliphatic rings. The van der Waals surface area contributed by atoms with Crippen molar-refractivity contribution in [2.24, 2.45) is 23.7 Å². The Kier molecular flexibility index (Phi) is 7.23. The van der Waals surface area contributed by atoms with Crippen LogP contribution in [-0.2, 0) is 0 Å². The van der Waals surface area contributed by atoms with Crippen molar-refractivity contribution in [3.63, 3.8) is 0 Å². The molecule has 0 radical (unpaired) electrons. The predicted octanol–water partition coefficient (Wildman–Crippen LogP) is 6.06. The maximum absolute atomic E-state index is 2.54. The molecule has 1 rings (SSSR count). The Morgan fingerprint density at radius 2 is 1.53 bits per heavy atom. The third-order valence-electron chi connectivity index (χ3n) is 5.26. The standard InChI is InChI=1S/C17H34/c1-5-8-9-11-16-13-12-15(7-3)14(4)17(16)10-6-2/h14-17H,5-13H2,1-4H3. The molecule has 0 nitrogen and oxygen atoms in total. The Balaban J connectivity index is 2.50. The molecule has 0 N–H and O–H groups in total. The molecule has 0 heterocycles. The summed E-state index contributed by atoms with van der Waals surface area (Å²) < 4.78 is 0. The van der Waals surface area contributed by atoms with Crippen LogP contribution < -0.4 is 0 Å². The van der Waals surface area contributed by atoms with E-state index in [1.54, 1.807) is 0 Å². The van der Waals surface area contributed by atoms with Gasteiger partial charge >= 0.3 is 0 Å². The molecule has 102 valence electrons. The third-order valence-corrected chi connectivity index (χ3v) is 5.26. The van der Waals surface area contributed by atoms with E-state index in [4.69, 9.17) is 0 Å². The van der Waals surface area contributed by atoms with Crippen LogP contribution >= 0.6 is 0 Å². The lowest BCUT2D eigenvalue weighted by molar-refractivity contribution is 0.0838. The maximum atomic E-state index is 2.54. The summed E-state index contributed by atoms with van der Waals surface area (Å²) in [7, 11) is 0. The Labute approximate surface area is 110 Å². The van der Waals surface area contributed by atoms with Crippen molar-refractivity contribution < 1.29 is 0 Å². The molecule has 17 heavy (non-hydrogen) atoms. The van der Waals surface area contributed by atoms with Gasteiger partial charge in [0.1, 0.15) is 0 Å². The van der Waals surface area contributed by atoms with Crippen LogP contribution in [0.25, 0.3) is 0 Å². The summed E-state index contributed by atoms with van der Waals surface area (Å²) in [5.41, 5.74) is 0. The van der Waals surface area contributed by atoms with Crippen molar-refractivity contribution in [1.82, 2.24) is 0 Å². The van der Waals surface area contributed by atoms with Crippen LogP contribution in [0.3, 0.4) is 0 Å². The van der Waals surface area contributed by atoms with E-state index in [2.05, 4.69) is 27.7 Å². The maximum Gasteiger partial charge on any atom is -0.0358 e. The zero-order valence-corrected chi connectivity index (χ0v) is 12.7. The second-order valence-corrected chi connectivity index (χ2v) is 6.31. The molecule has 4 unspecified atom stereocenters. The molecule has 0 heteroatoms. The molecule has 0 aliphatic heterocycles. The van der Waals surface area contributed by atoms with E-state index in [0.29, 0.717) is 0 Å². The third kappa shape index (κ3) is 4.30. The molecule has 0 aromatic rings. The van der Waals surface area contributed by atoms with Gasteiger partial charge in [0, 0.05) is 0 Å². The first-order valence-corrected chi connectivity index (χ1v) is 8.24. The summed E-state index contributed by atoms with van der Waals surface area (Å²) in [4.78, 5) is 0. The average molecular weight is 238 g/mol. The molecular formula is C17H34. The molecule has 0 bridgehead atoms. The smallest absolute Gasteiger partial charge is 0.0358 e. The highest BCUT2D eigenvalue weighted by Crippen LogP contribution is 2.44. The Bertz CT molecular complexity index is 182. The van der Waals surface area contributed by atoms with Gasteiger partial charge in [-0.05, 0) is 36.5 Å². The molecule has 1 saturated carbocycles. The van der Waals surface area contributed by atoms with Crippen LogP contribution in [0.2, 0.25) is 0 Å². The SMILES string of the molecule is CCCCCC1CCC(CC)C(C)C1CCC. The molecule has 1 aliphatic carbocycles. The number of hydrogen-bond acceptors (Lipinski definition) is 0. The number of hydrogen-bond donors (Lipinski definition) is 0. The minimum absolute atomic E-state index is 0.986. The van der Waals surface area contributed by atoms with E-state index in [1.165, 1.54) is 57.8 Å². The van der Waals surface area contributed by atoms with Gasteiger partial charge < -0.3 is 0 Å². The minimum atomic E-state index is 0.986. The van der Waals surface area contributed by atoms with Crippen LogP contribution in [0.5, 0.6) is 0 Å². The average Bonchev–Trinajstić information content (AvgIpc) is 2.34. The van der Waals surface area contributed by atoms with Crippen molar-refractivity contribution in [2.75, 3.05) is 0 Å². The van der Waals surface area contributed by atoms with E-state index < -0.39 is 0 Å². The van der Waals surface area contributed by atoms with Crippen molar-refractivity contribution in [2.45, 2.75) is 85.5 Å². The highest BCUT2D eigenvalue weighted by molar-refractivity contribution is 4.84. The Morgan fingerprint density at radius 1 is 0.824 bits per heavy atom. The molecule has 0 spiro atoms. The van der Waals surface area contributed by atoms with E-state index in [-0.39, 0.29) is 0 Å². The summed E-state index contributed by atoms with van der Waals surface area (Å²) in [5, 5.41) is 0. The summed E-state index contributed by atoms with van der Waals surface area (Å²) in [6.45, 7) is 9.62. The van der Waals surface area contributed by atoms with Gasteiger partial charge in [0.05, 0.1) is 0 Å². The van der Waals surface area contributed by atoms with Crippen molar-refractivity contribution in [3.8, 4) is 0 Å². The van der Waals surface area contributed by atoms with Gasteiger partial charge in [-0.3, -0.25) is 0 Å². The van der Waals surface area contributed by atoms with Gasteiger partial charge in [0.25, 0.3) is 0 Å². The molecule has 1 fully saturated rings. The molecule has 4 atom stereocenters. The van der Waals surface area contributed by atoms with Gasteiger partial charge in [0.15, 0.2) is 0 Å². The van der Waals surface area contributed by atoms with Crippen molar-refractivity contribution >= 4 is 0 Å². The lowest BCUT2D eigenvalue weighted by Crippen LogP contribution is -2.32. The molecule has 0 saturated heterocycles. The summed E-state index contributed by atoms with van der Waals surface area (Å²) in [5.74, 6) is 4.10. The molecule has 0 amide bonds. The first kappa shape index (κ1) is 15.1. The number of unbranched alkanes of at least 4 members (excludes halogenated alkanes) is 2. The van der Waals surface area contributed by atoms with Gasteiger partial charge in [-0.2, -0.15) is 0 Å². The number of rotatable bonds is 7. The molecule has 0 aromatic carbocycles. The van der Waals surface area contributed by atoms with Crippen molar-refractivity contribution in [1.29, 1.82) is 0 Å². The van der Waals surface area contributed by atoms with Crippen LogP contribution in [0, 0.1) is 23.7 Å². The van der Waals surface area contributed by atoms with Crippen LogP contribution in [-0.4, -0.2) is 0 Å². The van der Waals surface area contributed by atoms with Gasteiger partial charge in [-0.15, -0.1) is 0 Å². The topological polar surface area (TPSA) is 0 Å². The summed E-state index contributed by atoms with van der Waals surface area (Å²) in [6.07, 6.45) is 13.1. The second kappa shape index (κ2) is 8.16. The highest BCUT2D eigenvalue weighted by atomic mass is 14.4. The summed E-state index contributed by atoms with van der Waals surface area (Å²) >= 11 is 0. The highest BCUT2D eigenvalue weighted by Gasteiger charge is 2.34. The minimum Gasteiger partial charge on any atom is -0.0654 e. The van der Waals surface area contributed by atoms with Crippen LogP contribution in [0.1, 0.15) is 85.5 Å². The second-order valence-electron chi connectivity index (χ2n) is 6.31. The van der Waals surface area contributed by atoms with E-state index in [9.17, 15) is 0 Å². The quantitative estimate of drug-likeness (QED) is 0.473. The lowest BCUT2D eigenvalue weighted by Gasteiger charge is -2.42. The Morgan fingerprint density at radius 3 is 2.12 bits per heavy atom.